The van der Waals surface area contributed by atoms with Gasteiger partial charge in [0.05, 0.1) is 0 Å². The number of nitrogens with one attached hydrogen (secondary N) is 1. The minimum atomic E-state index is 0.973. The van der Waals surface area contributed by atoms with Crippen LogP contribution >= 0.6 is 0 Å². The van der Waals surface area contributed by atoms with E-state index in [9.17, 15) is 0 Å². The minimum Gasteiger partial charge on any atom is -0.313 e. The second kappa shape index (κ2) is 6.49. The molecule has 0 unspecified atom stereocenters. The summed E-state index contributed by atoms with van der Waals surface area (Å²) in [7, 11) is 0. The van der Waals surface area contributed by atoms with Crippen LogP contribution in [-0.2, 0) is 6.54 Å². The summed E-state index contributed by atoms with van der Waals surface area (Å²) in [5.41, 5.74) is 5.55. The van der Waals surface area contributed by atoms with Gasteiger partial charge in [0.15, 0.2) is 0 Å². The topological polar surface area (TPSA) is 12.0 Å². The number of benzene rings is 1. The molecule has 0 aliphatic rings. The third-order valence-corrected chi connectivity index (χ3v) is 2.87. The Morgan fingerprint density at radius 1 is 1.19 bits per heavy atom. The van der Waals surface area contributed by atoms with Crippen LogP contribution in [0.2, 0.25) is 0 Å². The van der Waals surface area contributed by atoms with E-state index in [4.69, 9.17) is 0 Å². The second-order valence-corrected chi connectivity index (χ2v) is 4.27. The lowest BCUT2D eigenvalue weighted by Crippen LogP contribution is -2.15. The molecule has 0 saturated heterocycles. The summed E-state index contributed by atoms with van der Waals surface area (Å²) in [6.07, 6.45) is 5.51. The van der Waals surface area contributed by atoms with Crippen LogP contribution in [0.3, 0.4) is 0 Å². The Kier molecular flexibility index (Phi) is 5.27. The Morgan fingerprint density at radius 2 is 1.88 bits per heavy atom. The lowest BCUT2D eigenvalue weighted by molar-refractivity contribution is 0.672. The molecule has 88 valence electrons. The molecule has 0 aliphatic carbocycles. The SMILES string of the molecule is C/C=C\c1c(C)ccc(C)c1CNCCC. The molecule has 0 spiro atoms. The summed E-state index contributed by atoms with van der Waals surface area (Å²) in [5.74, 6) is 0. The van der Waals surface area contributed by atoms with Crippen LogP contribution in [0, 0.1) is 13.8 Å². The molecule has 0 heterocycles. The van der Waals surface area contributed by atoms with Gasteiger partial charge in [-0.25, -0.2) is 0 Å². The predicted molar refractivity (Wildman–Crippen MR) is 72.6 cm³/mol. The average molecular weight is 217 g/mol. The van der Waals surface area contributed by atoms with Crippen LogP contribution in [0.5, 0.6) is 0 Å². The molecule has 0 fully saturated rings. The summed E-state index contributed by atoms with van der Waals surface area (Å²) >= 11 is 0. The van der Waals surface area contributed by atoms with E-state index in [1.165, 1.54) is 28.7 Å². The minimum absolute atomic E-state index is 0.973. The smallest absolute Gasteiger partial charge is 0.0214 e. The molecule has 0 amide bonds. The van der Waals surface area contributed by atoms with Crippen molar-refractivity contribution in [2.45, 2.75) is 40.7 Å². The van der Waals surface area contributed by atoms with Crippen LogP contribution < -0.4 is 5.32 Å². The second-order valence-electron chi connectivity index (χ2n) is 4.27. The summed E-state index contributed by atoms with van der Waals surface area (Å²) in [5, 5.41) is 3.48. The van der Waals surface area contributed by atoms with E-state index in [-0.39, 0.29) is 0 Å². The maximum atomic E-state index is 3.48. The monoisotopic (exact) mass is 217 g/mol. The van der Waals surface area contributed by atoms with Crippen molar-refractivity contribution in [3.8, 4) is 0 Å². The largest absolute Gasteiger partial charge is 0.313 e. The van der Waals surface area contributed by atoms with Crippen LogP contribution in [0.15, 0.2) is 18.2 Å². The van der Waals surface area contributed by atoms with E-state index in [1.807, 2.05) is 0 Å². The molecule has 0 aliphatic heterocycles. The van der Waals surface area contributed by atoms with E-state index >= 15 is 0 Å². The molecule has 1 nitrogen and oxygen atoms in total. The van der Waals surface area contributed by atoms with E-state index in [0.29, 0.717) is 0 Å². The van der Waals surface area contributed by atoms with Crippen LogP contribution in [0.1, 0.15) is 42.5 Å². The highest BCUT2D eigenvalue weighted by molar-refractivity contribution is 5.59. The van der Waals surface area contributed by atoms with Gasteiger partial charge in [-0.2, -0.15) is 0 Å². The average Bonchev–Trinajstić information content (AvgIpc) is 2.27. The molecule has 0 radical (unpaired) electrons. The van der Waals surface area contributed by atoms with Crippen molar-refractivity contribution in [1.82, 2.24) is 5.32 Å². The number of hydrogen-bond donors (Lipinski definition) is 1. The molecule has 1 aromatic carbocycles. The highest BCUT2D eigenvalue weighted by Crippen LogP contribution is 2.20. The van der Waals surface area contributed by atoms with E-state index < -0.39 is 0 Å². The third kappa shape index (κ3) is 3.21. The van der Waals surface area contributed by atoms with Crippen LogP contribution in [0.4, 0.5) is 0 Å². The van der Waals surface area contributed by atoms with Gasteiger partial charge in [-0.3, -0.25) is 0 Å². The van der Waals surface area contributed by atoms with Gasteiger partial charge in [0, 0.05) is 6.54 Å². The zero-order valence-corrected chi connectivity index (χ0v) is 10.9. The fourth-order valence-corrected chi connectivity index (χ4v) is 1.91. The van der Waals surface area contributed by atoms with Gasteiger partial charge in [-0.05, 0) is 56.0 Å². The number of aryl methyl sites for hydroxylation is 2. The Hall–Kier alpha value is -1.08. The van der Waals surface area contributed by atoms with Gasteiger partial charge < -0.3 is 5.32 Å². The Balaban J connectivity index is 2.98. The van der Waals surface area contributed by atoms with E-state index in [0.717, 1.165) is 13.1 Å². The quantitative estimate of drug-likeness (QED) is 0.739. The molecule has 1 aromatic rings. The van der Waals surface area contributed by atoms with Crippen molar-refractivity contribution in [3.63, 3.8) is 0 Å². The fraction of sp³-hybridized carbons (Fsp3) is 0.467. The van der Waals surface area contributed by atoms with Gasteiger partial charge in [0.2, 0.25) is 0 Å². The van der Waals surface area contributed by atoms with Gasteiger partial charge in [0.1, 0.15) is 0 Å². The first-order valence-corrected chi connectivity index (χ1v) is 6.13. The van der Waals surface area contributed by atoms with Gasteiger partial charge in [-0.1, -0.05) is 31.2 Å². The maximum absolute atomic E-state index is 3.48. The number of rotatable bonds is 5. The lowest BCUT2D eigenvalue weighted by Gasteiger charge is -2.13. The molecule has 1 N–H and O–H groups in total. The number of allylic oxidation sites excluding steroid dienone is 1. The molecular formula is C15H23N. The summed E-state index contributed by atoms with van der Waals surface area (Å²) in [6.45, 7) is 10.7. The molecule has 0 aromatic heterocycles. The fourth-order valence-electron chi connectivity index (χ4n) is 1.91. The van der Waals surface area contributed by atoms with Crippen LogP contribution in [-0.4, -0.2) is 6.54 Å². The van der Waals surface area contributed by atoms with Crippen molar-refractivity contribution in [2.75, 3.05) is 6.54 Å². The summed E-state index contributed by atoms with van der Waals surface area (Å²) in [4.78, 5) is 0. The van der Waals surface area contributed by atoms with E-state index in [1.54, 1.807) is 0 Å². The van der Waals surface area contributed by atoms with E-state index in [2.05, 4.69) is 57.3 Å². The first-order chi connectivity index (χ1) is 7.70. The summed E-state index contributed by atoms with van der Waals surface area (Å²) in [6, 6.07) is 4.42. The Morgan fingerprint density at radius 3 is 2.50 bits per heavy atom. The molecule has 0 saturated carbocycles. The van der Waals surface area contributed by atoms with Crippen molar-refractivity contribution in [1.29, 1.82) is 0 Å². The molecular weight excluding hydrogens is 194 g/mol. The lowest BCUT2D eigenvalue weighted by atomic mass is 9.96. The highest BCUT2D eigenvalue weighted by atomic mass is 14.8. The first-order valence-electron chi connectivity index (χ1n) is 6.13. The maximum Gasteiger partial charge on any atom is 0.0214 e. The first kappa shape index (κ1) is 13.0. The zero-order valence-electron chi connectivity index (χ0n) is 10.9. The van der Waals surface area contributed by atoms with Crippen molar-refractivity contribution >= 4 is 6.08 Å². The Bertz CT molecular complexity index is 364. The van der Waals surface area contributed by atoms with Crippen molar-refractivity contribution in [2.24, 2.45) is 0 Å². The molecule has 0 bridgehead atoms. The molecule has 1 rings (SSSR count). The Labute approximate surface area is 99.6 Å². The van der Waals surface area contributed by atoms with Crippen LogP contribution in [0.25, 0.3) is 6.08 Å². The standard InChI is InChI=1S/C15H23N/c1-5-7-14-12(3)8-9-13(4)15(14)11-16-10-6-2/h5,7-9,16H,6,10-11H2,1-4H3/b7-5-. The summed E-state index contributed by atoms with van der Waals surface area (Å²) < 4.78 is 0. The molecule has 0 atom stereocenters. The van der Waals surface area contributed by atoms with Gasteiger partial charge in [0.25, 0.3) is 0 Å². The molecule has 1 heteroatoms. The normalized spacial score (nSPS) is 11.2. The zero-order chi connectivity index (χ0) is 12.0. The molecule has 16 heavy (non-hydrogen) atoms. The predicted octanol–water partition coefficient (Wildman–Crippen LogP) is 3.84. The van der Waals surface area contributed by atoms with Gasteiger partial charge >= 0.3 is 0 Å². The number of hydrogen-bond acceptors (Lipinski definition) is 1. The highest BCUT2D eigenvalue weighted by Gasteiger charge is 2.05. The third-order valence-electron chi connectivity index (χ3n) is 2.87. The van der Waals surface area contributed by atoms with Gasteiger partial charge in [-0.15, -0.1) is 0 Å². The van der Waals surface area contributed by atoms with Crippen molar-refractivity contribution < 1.29 is 0 Å². The van der Waals surface area contributed by atoms with Crippen molar-refractivity contribution in [3.05, 3.63) is 40.5 Å².